The molecule has 1 rings (SSSR count). The predicted molar refractivity (Wildman–Crippen MR) is 84.8 cm³/mol. The van der Waals surface area contributed by atoms with Gasteiger partial charge in [-0.15, -0.1) is 0 Å². The molecule has 0 fully saturated rings. The van der Waals surface area contributed by atoms with Crippen molar-refractivity contribution in [3.05, 3.63) is 30.3 Å². The van der Waals surface area contributed by atoms with Gasteiger partial charge in [-0.05, 0) is 46.1 Å². The molecule has 1 aromatic carbocycles. The zero-order valence-electron chi connectivity index (χ0n) is 12.9. The highest BCUT2D eigenvalue weighted by Gasteiger charge is 2.11. The van der Waals surface area contributed by atoms with Crippen molar-refractivity contribution in [1.82, 2.24) is 9.80 Å². The van der Waals surface area contributed by atoms with Gasteiger partial charge in [-0.2, -0.15) is 0 Å². The number of nitrogens with one attached hydrogen (secondary N) is 1. The fourth-order valence-corrected chi connectivity index (χ4v) is 2.40. The number of nitrogens with zero attached hydrogens (tertiary/aromatic N) is 2. The minimum Gasteiger partial charge on any atom is -0.385 e. The molecule has 0 spiro atoms. The number of rotatable bonds is 9. The van der Waals surface area contributed by atoms with Gasteiger partial charge < -0.3 is 10.2 Å². The van der Waals surface area contributed by atoms with E-state index in [1.807, 2.05) is 6.07 Å². The van der Waals surface area contributed by atoms with E-state index < -0.39 is 0 Å². The van der Waals surface area contributed by atoms with Gasteiger partial charge in [0, 0.05) is 31.4 Å². The summed E-state index contributed by atoms with van der Waals surface area (Å²) in [6.07, 6.45) is 1.18. The second-order valence-electron chi connectivity index (χ2n) is 5.39. The number of para-hydroxylation sites is 1. The maximum Gasteiger partial charge on any atom is 0.0340 e. The van der Waals surface area contributed by atoms with Gasteiger partial charge in [0.2, 0.25) is 0 Å². The zero-order chi connectivity index (χ0) is 14.1. The van der Waals surface area contributed by atoms with Crippen molar-refractivity contribution in [1.29, 1.82) is 0 Å². The minimum absolute atomic E-state index is 0.622. The second kappa shape index (κ2) is 8.94. The van der Waals surface area contributed by atoms with Gasteiger partial charge in [0.05, 0.1) is 0 Å². The second-order valence-corrected chi connectivity index (χ2v) is 5.39. The highest BCUT2D eigenvalue weighted by atomic mass is 15.2. The summed E-state index contributed by atoms with van der Waals surface area (Å²) in [6.45, 7) is 9.01. The Balaban J connectivity index is 2.22. The fraction of sp³-hybridized carbons (Fsp3) is 0.625. The van der Waals surface area contributed by atoms with E-state index in [9.17, 15) is 0 Å². The Bertz CT molecular complexity index is 324. The van der Waals surface area contributed by atoms with Crippen LogP contribution in [0.3, 0.4) is 0 Å². The van der Waals surface area contributed by atoms with E-state index >= 15 is 0 Å². The van der Waals surface area contributed by atoms with Crippen LogP contribution in [0.15, 0.2) is 30.3 Å². The first-order chi connectivity index (χ1) is 9.13. The molecule has 3 nitrogen and oxygen atoms in total. The fourth-order valence-electron chi connectivity index (χ4n) is 2.40. The van der Waals surface area contributed by atoms with Crippen LogP contribution in [-0.2, 0) is 0 Å². The number of hydrogen-bond acceptors (Lipinski definition) is 3. The van der Waals surface area contributed by atoms with Gasteiger partial charge in [0.15, 0.2) is 0 Å². The Morgan fingerprint density at radius 1 is 1.16 bits per heavy atom. The van der Waals surface area contributed by atoms with Crippen molar-refractivity contribution in [2.24, 2.45) is 0 Å². The number of hydrogen-bond donors (Lipinski definition) is 1. The van der Waals surface area contributed by atoms with Crippen molar-refractivity contribution >= 4 is 5.69 Å². The summed E-state index contributed by atoms with van der Waals surface area (Å²) in [5, 5.41) is 3.47. The molecule has 0 aromatic heterocycles. The van der Waals surface area contributed by atoms with E-state index in [2.05, 4.69) is 67.3 Å². The third kappa shape index (κ3) is 6.60. The Labute approximate surface area is 118 Å². The molecular weight excluding hydrogens is 234 g/mol. The molecule has 0 amide bonds. The molecule has 1 unspecified atom stereocenters. The van der Waals surface area contributed by atoms with Gasteiger partial charge in [0.25, 0.3) is 0 Å². The standard InChI is InChI=1S/C16H29N3/c1-5-19(15(2)14-18(3)4)13-9-12-17-16-10-7-6-8-11-16/h6-8,10-11,15,17H,5,9,12-14H2,1-4H3. The van der Waals surface area contributed by atoms with Crippen LogP contribution >= 0.6 is 0 Å². The van der Waals surface area contributed by atoms with E-state index in [1.165, 1.54) is 12.1 Å². The first-order valence-corrected chi connectivity index (χ1v) is 7.31. The van der Waals surface area contributed by atoms with Crippen LogP contribution in [0.5, 0.6) is 0 Å². The molecule has 0 radical (unpaired) electrons. The smallest absolute Gasteiger partial charge is 0.0340 e. The van der Waals surface area contributed by atoms with E-state index in [0.29, 0.717) is 6.04 Å². The average molecular weight is 263 g/mol. The summed E-state index contributed by atoms with van der Waals surface area (Å²) in [6, 6.07) is 11.0. The van der Waals surface area contributed by atoms with Crippen molar-refractivity contribution in [3.63, 3.8) is 0 Å². The molecule has 108 valence electrons. The van der Waals surface area contributed by atoms with Crippen LogP contribution in [0.1, 0.15) is 20.3 Å². The summed E-state index contributed by atoms with van der Waals surface area (Å²) < 4.78 is 0. The van der Waals surface area contributed by atoms with Gasteiger partial charge in [-0.1, -0.05) is 25.1 Å². The molecule has 0 saturated heterocycles. The van der Waals surface area contributed by atoms with E-state index in [4.69, 9.17) is 0 Å². The molecule has 3 heteroatoms. The lowest BCUT2D eigenvalue weighted by molar-refractivity contribution is 0.181. The number of benzene rings is 1. The lowest BCUT2D eigenvalue weighted by atomic mass is 10.2. The summed E-state index contributed by atoms with van der Waals surface area (Å²) >= 11 is 0. The van der Waals surface area contributed by atoms with Crippen LogP contribution in [0.2, 0.25) is 0 Å². The lowest BCUT2D eigenvalue weighted by Gasteiger charge is -2.30. The van der Waals surface area contributed by atoms with E-state index in [1.54, 1.807) is 0 Å². The predicted octanol–water partition coefficient (Wildman–Crippen LogP) is 2.76. The first-order valence-electron chi connectivity index (χ1n) is 7.31. The van der Waals surface area contributed by atoms with Gasteiger partial charge in [0.1, 0.15) is 0 Å². The van der Waals surface area contributed by atoms with E-state index in [0.717, 1.165) is 26.2 Å². The Hall–Kier alpha value is -1.06. The van der Waals surface area contributed by atoms with Crippen LogP contribution < -0.4 is 5.32 Å². The van der Waals surface area contributed by atoms with Gasteiger partial charge >= 0.3 is 0 Å². The molecule has 0 heterocycles. The monoisotopic (exact) mass is 263 g/mol. The molecule has 0 bridgehead atoms. The highest BCUT2D eigenvalue weighted by molar-refractivity contribution is 5.42. The van der Waals surface area contributed by atoms with Crippen LogP contribution in [0.4, 0.5) is 5.69 Å². The Morgan fingerprint density at radius 2 is 1.84 bits per heavy atom. The van der Waals surface area contributed by atoms with Crippen molar-refractivity contribution in [2.45, 2.75) is 26.3 Å². The maximum absolute atomic E-state index is 3.47. The van der Waals surface area contributed by atoms with Crippen LogP contribution in [-0.4, -0.2) is 56.1 Å². The van der Waals surface area contributed by atoms with Gasteiger partial charge in [-0.25, -0.2) is 0 Å². The summed E-state index contributed by atoms with van der Waals surface area (Å²) in [5.74, 6) is 0. The molecule has 0 saturated carbocycles. The van der Waals surface area contributed by atoms with E-state index in [-0.39, 0.29) is 0 Å². The highest BCUT2D eigenvalue weighted by Crippen LogP contribution is 2.06. The maximum atomic E-state index is 3.47. The summed E-state index contributed by atoms with van der Waals surface area (Å²) in [7, 11) is 4.28. The quantitative estimate of drug-likeness (QED) is 0.691. The van der Waals surface area contributed by atoms with Crippen LogP contribution in [0.25, 0.3) is 0 Å². The lowest BCUT2D eigenvalue weighted by Crippen LogP contribution is -2.40. The molecule has 0 aliphatic carbocycles. The van der Waals surface area contributed by atoms with Crippen LogP contribution in [0, 0.1) is 0 Å². The third-order valence-corrected chi connectivity index (χ3v) is 3.38. The molecule has 0 aliphatic rings. The minimum atomic E-state index is 0.622. The molecule has 19 heavy (non-hydrogen) atoms. The normalized spacial score (nSPS) is 12.9. The Kier molecular flexibility index (Phi) is 7.53. The summed E-state index contributed by atoms with van der Waals surface area (Å²) in [4.78, 5) is 4.81. The molecule has 1 N–H and O–H groups in total. The molecular formula is C16H29N3. The first kappa shape index (κ1) is 16.0. The average Bonchev–Trinajstić information content (AvgIpc) is 2.39. The third-order valence-electron chi connectivity index (χ3n) is 3.38. The largest absolute Gasteiger partial charge is 0.385 e. The van der Waals surface area contributed by atoms with Crippen molar-refractivity contribution < 1.29 is 0 Å². The topological polar surface area (TPSA) is 18.5 Å². The molecule has 1 atom stereocenters. The number of anilines is 1. The molecule has 1 aromatic rings. The summed E-state index contributed by atoms with van der Waals surface area (Å²) in [5.41, 5.74) is 1.21. The zero-order valence-corrected chi connectivity index (χ0v) is 12.9. The Morgan fingerprint density at radius 3 is 2.42 bits per heavy atom. The SMILES string of the molecule is CCN(CCCNc1ccccc1)C(C)CN(C)C. The van der Waals surface area contributed by atoms with Crippen molar-refractivity contribution in [2.75, 3.05) is 45.6 Å². The molecule has 0 aliphatic heterocycles. The number of likely N-dealkylation sites (N-methyl/N-ethyl adjacent to an activating group) is 2. The van der Waals surface area contributed by atoms with Gasteiger partial charge in [-0.3, -0.25) is 4.90 Å². The van der Waals surface area contributed by atoms with Crippen molar-refractivity contribution in [3.8, 4) is 0 Å².